The normalized spacial score (nSPS) is 14.2. The van der Waals surface area contributed by atoms with E-state index in [2.05, 4.69) is 15.3 Å². The molecular weight excluding hydrogens is 336 g/mol. The Labute approximate surface area is 151 Å². The molecule has 2 aromatic rings. The minimum atomic E-state index is -0.196. The zero-order chi connectivity index (χ0) is 18.1. The molecule has 1 atom stereocenters. The maximum absolute atomic E-state index is 12.5. The number of fused-ring (bicyclic) bond motifs is 1. The van der Waals surface area contributed by atoms with E-state index in [1.54, 1.807) is 23.3 Å². The first kappa shape index (κ1) is 17.7. The van der Waals surface area contributed by atoms with Crippen molar-refractivity contribution in [1.29, 1.82) is 0 Å². The number of pyridine rings is 1. The Morgan fingerprint density at radius 3 is 2.88 bits per heavy atom. The Balaban J connectivity index is 1.66. The van der Waals surface area contributed by atoms with Gasteiger partial charge in [0.25, 0.3) is 5.56 Å². The first-order valence-electron chi connectivity index (χ1n) is 8.55. The summed E-state index contributed by atoms with van der Waals surface area (Å²) in [5, 5.41) is 3.86. The molecule has 0 bridgehead atoms. The van der Waals surface area contributed by atoms with Crippen molar-refractivity contribution in [3.8, 4) is 0 Å². The Morgan fingerprint density at radius 1 is 1.44 bits per heavy atom. The maximum atomic E-state index is 12.5. The van der Waals surface area contributed by atoms with E-state index < -0.39 is 0 Å². The molecule has 2 amide bonds. The number of aromatic nitrogens is 2. The summed E-state index contributed by atoms with van der Waals surface area (Å²) in [4.78, 5) is 34.7. The van der Waals surface area contributed by atoms with Gasteiger partial charge in [0.05, 0.1) is 16.7 Å². The third kappa shape index (κ3) is 3.61. The topological polar surface area (TPSA) is 78.1 Å². The van der Waals surface area contributed by atoms with Gasteiger partial charge in [0.15, 0.2) is 0 Å². The van der Waals surface area contributed by atoms with Gasteiger partial charge < -0.3 is 15.2 Å². The number of rotatable bonds is 4. The smallest absolute Gasteiger partial charge is 0.317 e. The second kappa shape index (κ2) is 7.00. The number of hydrogen-bond donors (Lipinski definition) is 2. The number of H-pyrrole nitrogens is 1. The van der Waals surface area contributed by atoms with Crippen LogP contribution in [-0.2, 0) is 19.4 Å². The molecule has 1 aliphatic carbocycles. The SMILES string of the molecule is Cc1nc(C)c(C(C)N(C)C(=O)NCc2cc3c([nH]c2=O)CCC3)s1. The first-order valence-corrected chi connectivity index (χ1v) is 9.37. The summed E-state index contributed by atoms with van der Waals surface area (Å²) < 4.78 is 0. The highest BCUT2D eigenvalue weighted by molar-refractivity contribution is 7.11. The molecule has 0 aliphatic heterocycles. The molecular formula is C18H24N4O2S. The molecule has 6 nitrogen and oxygen atoms in total. The lowest BCUT2D eigenvalue weighted by Crippen LogP contribution is -2.39. The zero-order valence-corrected chi connectivity index (χ0v) is 15.9. The Bertz CT molecular complexity index is 855. The number of urea groups is 1. The number of carbonyl (C=O) groups is 1. The minimum Gasteiger partial charge on any atom is -0.334 e. The lowest BCUT2D eigenvalue weighted by atomic mass is 10.1. The van der Waals surface area contributed by atoms with Gasteiger partial charge in [-0.3, -0.25) is 4.79 Å². The predicted molar refractivity (Wildman–Crippen MR) is 99.1 cm³/mol. The highest BCUT2D eigenvalue weighted by atomic mass is 32.1. The van der Waals surface area contributed by atoms with E-state index in [1.807, 2.05) is 26.8 Å². The minimum absolute atomic E-state index is 0.0653. The monoisotopic (exact) mass is 360 g/mol. The van der Waals surface area contributed by atoms with Gasteiger partial charge in [-0.05, 0) is 51.7 Å². The maximum Gasteiger partial charge on any atom is 0.317 e. The van der Waals surface area contributed by atoms with Crippen molar-refractivity contribution in [2.45, 2.75) is 52.6 Å². The summed E-state index contributed by atoms with van der Waals surface area (Å²) in [6.07, 6.45) is 3.01. The molecule has 0 fully saturated rings. The number of amides is 2. The van der Waals surface area contributed by atoms with Crippen LogP contribution in [0.4, 0.5) is 4.79 Å². The predicted octanol–water partition coefficient (Wildman–Crippen LogP) is 2.84. The molecule has 2 N–H and O–H groups in total. The van der Waals surface area contributed by atoms with Crippen molar-refractivity contribution in [3.63, 3.8) is 0 Å². The van der Waals surface area contributed by atoms with Crippen molar-refractivity contribution < 1.29 is 4.79 Å². The molecule has 25 heavy (non-hydrogen) atoms. The summed E-state index contributed by atoms with van der Waals surface area (Å²) in [5.41, 5.74) is 3.71. The summed E-state index contributed by atoms with van der Waals surface area (Å²) >= 11 is 1.61. The summed E-state index contributed by atoms with van der Waals surface area (Å²) in [5.74, 6) is 0. The van der Waals surface area contributed by atoms with Crippen molar-refractivity contribution in [2.24, 2.45) is 0 Å². The van der Waals surface area contributed by atoms with Crippen molar-refractivity contribution in [3.05, 3.63) is 48.8 Å². The van der Waals surface area contributed by atoms with Crippen molar-refractivity contribution >= 4 is 17.4 Å². The number of aromatic amines is 1. The average molecular weight is 360 g/mol. The fraction of sp³-hybridized carbons (Fsp3) is 0.500. The zero-order valence-electron chi connectivity index (χ0n) is 15.1. The molecule has 2 heterocycles. The second-order valence-electron chi connectivity index (χ2n) is 6.61. The van der Waals surface area contributed by atoms with E-state index in [1.165, 1.54) is 5.56 Å². The van der Waals surface area contributed by atoms with E-state index in [0.717, 1.165) is 40.5 Å². The fourth-order valence-corrected chi connectivity index (χ4v) is 4.30. The van der Waals surface area contributed by atoms with Gasteiger partial charge in [-0.25, -0.2) is 9.78 Å². The number of carbonyl (C=O) groups excluding carboxylic acids is 1. The van der Waals surface area contributed by atoms with Gasteiger partial charge in [0.1, 0.15) is 0 Å². The van der Waals surface area contributed by atoms with Crippen molar-refractivity contribution in [1.82, 2.24) is 20.2 Å². The Kier molecular flexibility index (Phi) is 4.94. The van der Waals surface area contributed by atoms with Gasteiger partial charge >= 0.3 is 6.03 Å². The van der Waals surface area contributed by atoms with E-state index in [-0.39, 0.29) is 24.2 Å². The third-order valence-corrected chi connectivity index (χ3v) is 6.06. The molecule has 0 radical (unpaired) electrons. The van der Waals surface area contributed by atoms with Crippen LogP contribution in [0.25, 0.3) is 0 Å². The van der Waals surface area contributed by atoms with Gasteiger partial charge in [-0.15, -0.1) is 11.3 Å². The molecule has 0 saturated carbocycles. The average Bonchev–Trinajstić information content (AvgIpc) is 3.16. The number of aryl methyl sites for hydroxylation is 4. The molecule has 2 aromatic heterocycles. The Hall–Kier alpha value is -2.15. The Morgan fingerprint density at radius 2 is 2.20 bits per heavy atom. The summed E-state index contributed by atoms with van der Waals surface area (Å²) in [6.45, 7) is 6.15. The van der Waals surface area contributed by atoms with Gasteiger partial charge in [-0.1, -0.05) is 0 Å². The van der Waals surface area contributed by atoms with Crippen LogP contribution in [0, 0.1) is 13.8 Å². The number of hydrogen-bond acceptors (Lipinski definition) is 4. The largest absolute Gasteiger partial charge is 0.334 e. The quantitative estimate of drug-likeness (QED) is 0.880. The molecule has 0 spiro atoms. The van der Waals surface area contributed by atoms with E-state index in [9.17, 15) is 9.59 Å². The van der Waals surface area contributed by atoms with E-state index in [0.29, 0.717) is 5.56 Å². The standard InChI is InChI=1S/C18H24N4O2S/c1-10-16(25-12(3)20-10)11(2)22(4)18(24)19-9-14-8-13-6-5-7-15(13)21-17(14)23/h8,11H,5-7,9H2,1-4H3,(H,19,24)(H,21,23). The third-order valence-electron chi connectivity index (χ3n) is 4.82. The van der Waals surface area contributed by atoms with Gasteiger partial charge in [0.2, 0.25) is 0 Å². The van der Waals surface area contributed by atoms with Gasteiger partial charge in [-0.2, -0.15) is 0 Å². The highest BCUT2D eigenvalue weighted by Crippen LogP contribution is 2.28. The number of thiazole rings is 1. The molecule has 3 rings (SSSR count). The van der Waals surface area contributed by atoms with Crippen LogP contribution in [0.15, 0.2) is 10.9 Å². The molecule has 134 valence electrons. The van der Waals surface area contributed by atoms with Crippen LogP contribution in [0.5, 0.6) is 0 Å². The number of nitrogens with one attached hydrogen (secondary N) is 2. The summed E-state index contributed by atoms with van der Waals surface area (Å²) in [7, 11) is 1.77. The van der Waals surface area contributed by atoms with Crippen LogP contribution >= 0.6 is 11.3 Å². The molecule has 1 unspecified atom stereocenters. The molecule has 0 saturated heterocycles. The van der Waals surface area contributed by atoms with Crippen LogP contribution in [0.2, 0.25) is 0 Å². The van der Waals surface area contributed by atoms with Crippen LogP contribution in [0.1, 0.15) is 51.8 Å². The number of nitrogens with zero attached hydrogens (tertiary/aromatic N) is 2. The lowest BCUT2D eigenvalue weighted by Gasteiger charge is -2.24. The van der Waals surface area contributed by atoms with Crippen LogP contribution in [0.3, 0.4) is 0 Å². The first-order chi connectivity index (χ1) is 11.9. The fourth-order valence-electron chi connectivity index (χ4n) is 3.28. The summed E-state index contributed by atoms with van der Waals surface area (Å²) in [6, 6.07) is 1.67. The molecule has 1 aliphatic rings. The lowest BCUT2D eigenvalue weighted by molar-refractivity contribution is 0.194. The molecule has 0 aromatic carbocycles. The van der Waals surface area contributed by atoms with Crippen LogP contribution in [-0.4, -0.2) is 27.9 Å². The molecule has 7 heteroatoms. The van der Waals surface area contributed by atoms with E-state index >= 15 is 0 Å². The van der Waals surface area contributed by atoms with Crippen molar-refractivity contribution in [2.75, 3.05) is 7.05 Å². The highest BCUT2D eigenvalue weighted by Gasteiger charge is 2.22. The van der Waals surface area contributed by atoms with Crippen LogP contribution < -0.4 is 10.9 Å². The van der Waals surface area contributed by atoms with E-state index in [4.69, 9.17) is 0 Å². The van der Waals surface area contributed by atoms with Gasteiger partial charge in [0, 0.05) is 29.7 Å². The second-order valence-corrected chi connectivity index (χ2v) is 7.84.